The van der Waals surface area contributed by atoms with Crippen molar-refractivity contribution in [1.82, 2.24) is 4.98 Å². The van der Waals surface area contributed by atoms with Crippen LogP contribution in [-0.4, -0.2) is 38.2 Å². The molecule has 0 atom stereocenters. The van der Waals surface area contributed by atoms with Gasteiger partial charge in [0.2, 0.25) is 5.91 Å². The van der Waals surface area contributed by atoms with E-state index in [1.54, 1.807) is 23.6 Å². The number of carbonyl (C=O) groups excluding carboxylic acids is 2. The third kappa shape index (κ3) is 5.71. The lowest BCUT2D eigenvalue weighted by molar-refractivity contribution is -0.139. The van der Waals surface area contributed by atoms with E-state index in [-0.39, 0.29) is 12.5 Å². The van der Waals surface area contributed by atoms with Gasteiger partial charge in [0, 0.05) is 30.0 Å². The van der Waals surface area contributed by atoms with Crippen LogP contribution in [0.2, 0.25) is 0 Å². The summed E-state index contributed by atoms with van der Waals surface area (Å²) in [6.45, 7) is 1.40. The SMILES string of the molecule is COc1cc(OC)c(OC)cc1/C=C/C(=O)OCc1csc(NC(C)=O)n1. The number of thiazole rings is 1. The summed E-state index contributed by atoms with van der Waals surface area (Å²) in [5.41, 5.74) is 1.18. The molecule has 144 valence electrons. The van der Waals surface area contributed by atoms with Crippen LogP contribution in [0.1, 0.15) is 18.2 Å². The molecule has 1 N–H and O–H groups in total. The van der Waals surface area contributed by atoms with Crippen molar-refractivity contribution in [2.45, 2.75) is 13.5 Å². The zero-order valence-corrected chi connectivity index (χ0v) is 16.2. The summed E-state index contributed by atoms with van der Waals surface area (Å²) in [6, 6.07) is 3.37. The predicted molar refractivity (Wildman–Crippen MR) is 101 cm³/mol. The van der Waals surface area contributed by atoms with Gasteiger partial charge in [-0.2, -0.15) is 0 Å². The Morgan fingerprint density at radius 2 is 1.78 bits per heavy atom. The number of benzene rings is 1. The summed E-state index contributed by atoms with van der Waals surface area (Å²) < 4.78 is 20.9. The van der Waals surface area contributed by atoms with E-state index in [1.807, 2.05) is 0 Å². The van der Waals surface area contributed by atoms with E-state index in [4.69, 9.17) is 18.9 Å². The van der Waals surface area contributed by atoms with Gasteiger partial charge in [-0.3, -0.25) is 4.79 Å². The second-order valence-electron chi connectivity index (χ2n) is 5.22. The standard InChI is InChI=1S/C18H20N2O6S/c1-11(21)19-18-20-13(10-27-18)9-26-17(22)6-5-12-7-15(24-3)16(25-4)8-14(12)23-2/h5-8,10H,9H2,1-4H3,(H,19,20,21)/b6-5+. The Hall–Kier alpha value is -3.07. The smallest absolute Gasteiger partial charge is 0.331 e. The number of aromatic nitrogens is 1. The van der Waals surface area contributed by atoms with Crippen LogP contribution in [0.25, 0.3) is 6.08 Å². The van der Waals surface area contributed by atoms with Gasteiger partial charge in [-0.05, 0) is 12.1 Å². The number of methoxy groups -OCH3 is 3. The molecule has 1 amide bonds. The van der Waals surface area contributed by atoms with Crippen molar-refractivity contribution in [2.75, 3.05) is 26.6 Å². The van der Waals surface area contributed by atoms with E-state index >= 15 is 0 Å². The molecule has 0 fully saturated rings. The van der Waals surface area contributed by atoms with E-state index in [0.717, 1.165) is 0 Å². The quantitative estimate of drug-likeness (QED) is 0.545. The average Bonchev–Trinajstić information content (AvgIpc) is 3.10. The Bertz CT molecular complexity index is 846. The number of carbonyl (C=O) groups is 2. The van der Waals surface area contributed by atoms with Gasteiger partial charge in [0.1, 0.15) is 12.4 Å². The van der Waals surface area contributed by atoms with Crippen molar-refractivity contribution in [2.24, 2.45) is 0 Å². The highest BCUT2D eigenvalue weighted by atomic mass is 32.1. The first-order chi connectivity index (χ1) is 13.0. The van der Waals surface area contributed by atoms with Gasteiger partial charge < -0.3 is 24.3 Å². The third-order valence-corrected chi connectivity index (χ3v) is 4.14. The Labute approximate surface area is 160 Å². The van der Waals surface area contributed by atoms with E-state index < -0.39 is 5.97 Å². The van der Waals surface area contributed by atoms with Crippen molar-refractivity contribution in [1.29, 1.82) is 0 Å². The van der Waals surface area contributed by atoms with Crippen LogP contribution < -0.4 is 19.5 Å². The summed E-state index contributed by atoms with van der Waals surface area (Å²) in [5.74, 6) is 0.809. The fraction of sp³-hybridized carbons (Fsp3) is 0.278. The summed E-state index contributed by atoms with van der Waals surface area (Å²) >= 11 is 1.26. The minimum absolute atomic E-state index is 0.00231. The number of nitrogens with zero attached hydrogens (tertiary/aromatic N) is 1. The molecule has 0 saturated carbocycles. The molecular formula is C18H20N2O6S. The summed E-state index contributed by atoms with van der Waals surface area (Å²) in [7, 11) is 4.57. The second-order valence-corrected chi connectivity index (χ2v) is 6.07. The first-order valence-electron chi connectivity index (χ1n) is 7.83. The highest BCUT2D eigenvalue weighted by Gasteiger charge is 2.11. The van der Waals surface area contributed by atoms with E-state index in [2.05, 4.69) is 10.3 Å². The Balaban J connectivity index is 2.01. The lowest BCUT2D eigenvalue weighted by atomic mass is 10.1. The Morgan fingerprint density at radius 3 is 2.41 bits per heavy atom. The molecule has 1 heterocycles. The number of ether oxygens (including phenoxy) is 4. The number of anilines is 1. The fourth-order valence-electron chi connectivity index (χ4n) is 2.12. The topological polar surface area (TPSA) is 96.0 Å². The molecule has 0 aliphatic heterocycles. The third-order valence-electron chi connectivity index (χ3n) is 3.33. The number of nitrogens with one attached hydrogen (secondary N) is 1. The van der Waals surface area contributed by atoms with E-state index in [1.165, 1.54) is 45.7 Å². The first kappa shape index (κ1) is 20.2. The van der Waals surface area contributed by atoms with Gasteiger partial charge >= 0.3 is 5.97 Å². The highest BCUT2D eigenvalue weighted by Crippen LogP contribution is 2.35. The van der Waals surface area contributed by atoms with E-state index in [0.29, 0.717) is 33.6 Å². The molecule has 9 heteroatoms. The van der Waals surface area contributed by atoms with Crippen molar-refractivity contribution in [3.63, 3.8) is 0 Å². The van der Waals surface area contributed by atoms with Gasteiger partial charge in [0.05, 0.1) is 27.0 Å². The van der Waals surface area contributed by atoms with Crippen LogP contribution >= 0.6 is 11.3 Å². The number of hydrogen-bond acceptors (Lipinski definition) is 8. The molecule has 0 unspecified atom stereocenters. The van der Waals surface area contributed by atoms with Crippen molar-refractivity contribution in [3.05, 3.63) is 34.8 Å². The molecule has 8 nitrogen and oxygen atoms in total. The molecule has 27 heavy (non-hydrogen) atoms. The van der Waals surface area contributed by atoms with Gasteiger partial charge in [0.25, 0.3) is 0 Å². The van der Waals surface area contributed by atoms with Gasteiger partial charge in [-0.1, -0.05) is 0 Å². The molecule has 1 aromatic heterocycles. The Kier molecular flexibility index (Phi) is 7.18. The van der Waals surface area contributed by atoms with Crippen LogP contribution in [-0.2, 0) is 20.9 Å². The summed E-state index contributed by atoms with van der Waals surface area (Å²) in [6.07, 6.45) is 2.85. The maximum absolute atomic E-state index is 12.0. The minimum Gasteiger partial charge on any atom is -0.496 e. The number of rotatable bonds is 8. The molecular weight excluding hydrogens is 372 g/mol. The van der Waals surface area contributed by atoms with Crippen LogP contribution in [0.3, 0.4) is 0 Å². The maximum atomic E-state index is 12.0. The molecule has 0 aliphatic carbocycles. The lowest BCUT2D eigenvalue weighted by Crippen LogP contribution is -2.06. The Morgan fingerprint density at radius 1 is 1.11 bits per heavy atom. The van der Waals surface area contributed by atoms with Gasteiger partial charge in [-0.25, -0.2) is 9.78 Å². The monoisotopic (exact) mass is 392 g/mol. The van der Waals surface area contributed by atoms with Gasteiger partial charge in [-0.15, -0.1) is 11.3 Å². The highest BCUT2D eigenvalue weighted by molar-refractivity contribution is 7.13. The zero-order chi connectivity index (χ0) is 19.8. The zero-order valence-electron chi connectivity index (χ0n) is 15.4. The molecule has 2 rings (SSSR count). The van der Waals surface area contributed by atoms with Crippen LogP contribution in [0.5, 0.6) is 17.2 Å². The van der Waals surface area contributed by atoms with Gasteiger partial charge in [0.15, 0.2) is 16.6 Å². The molecule has 0 spiro atoms. The van der Waals surface area contributed by atoms with Crippen LogP contribution in [0.15, 0.2) is 23.6 Å². The second kappa shape index (κ2) is 9.58. The first-order valence-corrected chi connectivity index (χ1v) is 8.71. The molecule has 2 aromatic rings. The predicted octanol–water partition coefficient (Wildman–Crippen LogP) is 2.88. The van der Waals surface area contributed by atoms with E-state index in [9.17, 15) is 9.59 Å². The minimum atomic E-state index is -0.541. The number of esters is 1. The fourth-order valence-corrected chi connectivity index (χ4v) is 2.86. The molecule has 0 bridgehead atoms. The van der Waals surface area contributed by atoms with Crippen molar-refractivity contribution >= 4 is 34.4 Å². The molecule has 0 aliphatic rings. The van der Waals surface area contributed by atoms with Crippen molar-refractivity contribution < 1.29 is 28.5 Å². The molecule has 0 radical (unpaired) electrons. The summed E-state index contributed by atoms with van der Waals surface area (Å²) in [5, 5.41) is 4.74. The number of amides is 1. The van der Waals surface area contributed by atoms with Crippen molar-refractivity contribution in [3.8, 4) is 17.2 Å². The lowest BCUT2D eigenvalue weighted by Gasteiger charge is -2.12. The van der Waals surface area contributed by atoms with Crippen LogP contribution in [0, 0.1) is 0 Å². The van der Waals surface area contributed by atoms with Crippen LogP contribution in [0.4, 0.5) is 5.13 Å². The maximum Gasteiger partial charge on any atom is 0.331 e. The number of hydrogen-bond donors (Lipinski definition) is 1. The largest absolute Gasteiger partial charge is 0.496 e. The summed E-state index contributed by atoms with van der Waals surface area (Å²) in [4.78, 5) is 27.1. The normalized spacial score (nSPS) is 10.5. The molecule has 1 aromatic carbocycles. The average molecular weight is 392 g/mol. The molecule has 0 saturated heterocycles.